The molecular formula is C17H27N3O. The number of nitrogens with zero attached hydrogens (tertiary/aromatic N) is 2. The number of hydrogen-bond acceptors (Lipinski definition) is 3. The van der Waals surface area contributed by atoms with Gasteiger partial charge in [0.15, 0.2) is 0 Å². The normalized spacial score (nSPS) is 24.6. The molecule has 1 aromatic carbocycles. The molecule has 21 heavy (non-hydrogen) atoms. The van der Waals surface area contributed by atoms with Crippen molar-refractivity contribution in [3.8, 4) is 0 Å². The smallest absolute Gasteiger partial charge is 0.239 e. The lowest BCUT2D eigenvalue weighted by Crippen LogP contribution is -2.52. The molecule has 1 heterocycles. The molecule has 116 valence electrons. The second-order valence-corrected chi connectivity index (χ2v) is 6.22. The van der Waals surface area contributed by atoms with Crippen LogP contribution < -0.4 is 5.73 Å². The zero-order valence-electron chi connectivity index (χ0n) is 13.3. The van der Waals surface area contributed by atoms with Crippen LogP contribution in [0.2, 0.25) is 0 Å². The molecule has 2 N–H and O–H groups in total. The summed E-state index contributed by atoms with van der Waals surface area (Å²) < 4.78 is 0. The fraction of sp³-hybridized carbons (Fsp3) is 0.588. The van der Waals surface area contributed by atoms with Crippen molar-refractivity contribution >= 4 is 5.91 Å². The van der Waals surface area contributed by atoms with Gasteiger partial charge in [-0.05, 0) is 32.3 Å². The van der Waals surface area contributed by atoms with Crippen LogP contribution in [0, 0.1) is 0 Å². The van der Waals surface area contributed by atoms with Crippen LogP contribution in [0.25, 0.3) is 0 Å². The molecule has 0 aromatic heterocycles. The van der Waals surface area contributed by atoms with E-state index < -0.39 is 6.04 Å². The quantitative estimate of drug-likeness (QED) is 0.920. The zero-order valence-corrected chi connectivity index (χ0v) is 13.3. The number of carbonyl (C=O) groups is 1. The van der Waals surface area contributed by atoms with Crippen LogP contribution in [0.1, 0.15) is 32.3 Å². The molecule has 0 aliphatic carbocycles. The van der Waals surface area contributed by atoms with Crippen molar-refractivity contribution in [1.29, 1.82) is 0 Å². The molecule has 1 aromatic rings. The maximum absolute atomic E-state index is 12.0. The van der Waals surface area contributed by atoms with Crippen molar-refractivity contribution in [2.45, 2.75) is 51.4 Å². The number of amides is 1. The number of likely N-dealkylation sites (N-methyl/N-ethyl adjacent to an activating group) is 1. The highest BCUT2D eigenvalue weighted by Gasteiger charge is 2.30. The van der Waals surface area contributed by atoms with Crippen LogP contribution in [-0.2, 0) is 11.3 Å². The van der Waals surface area contributed by atoms with Gasteiger partial charge in [-0.1, -0.05) is 30.3 Å². The van der Waals surface area contributed by atoms with Crippen molar-refractivity contribution in [1.82, 2.24) is 9.80 Å². The Kier molecular flexibility index (Phi) is 5.37. The molecule has 1 fully saturated rings. The third kappa shape index (κ3) is 4.05. The van der Waals surface area contributed by atoms with E-state index in [-0.39, 0.29) is 5.91 Å². The lowest BCUT2D eigenvalue weighted by molar-refractivity contribution is -0.134. The average Bonchev–Trinajstić information content (AvgIpc) is 2.48. The Bertz CT molecular complexity index is 460. The summed E-state index contributed by atoms with van der Waals surface area (Å²) in [7, 11) is 1.88. The molecule has 4 heteroatoms. The van der Waals surface area contributed by atoms with E-state index >= 15 is 0 Å². The van der Waals surface area contributed by atoms with Crippen LogP contribution in [0.4, 0.5) is 0 Å². The highest BCUT2D eigenvalue weighted by molar-refractivity contribution is 5.81. The predicted octanol–water partition coefficient (Wildman–Crippen LogP) is 1.85. The molecule has 0 spiro atoms. The molecule has 4 nitrogen and oxygen atoms in total. The van der Waals surface area contributed by atoms with Gasteiger partial charge in [-0.2, -0.15) is 0 Å². The number of nitrogens with two attached hydrogens (primary N) is 1. The minimum atomic E-state index is -0.410. The van der Waals surface area contributed by atoms with Crippen LogP contribution in [0.5, 0.6) is 0 Å². The van der Waals surface area contributed by atoms with E-state index in [9.17, 15) is 4.79 Å². The number of carbonyl (C=O) groups excluding carboxylic acids is 1. The van der Waals surface area contributed by atoms with E-state index in [1.54, 1.807) is 6.92 Å². The SMILES string of the molecule is CC(N)C(=O)N(C)C1CCN(Cc2ccccc2)C(C)C1. The molecule has 2 rings (SSSR count). The van der Waals surface area contributed by atoms with Crippen molar-refractivity contribution in [2.75, 3.05) is 13.6 Å². The molecule has 0 bridgehead atoms. The van der Waals surface area contributed by atoms with Gasteiger partial charge in [0.05, 0.1) is 6.04 Å². The number of likely N-dealkylation sites (tertiary alicyclic amines) is 1. The molecule has 1 aliphatic rings. The molecule has 0 radical (unpaired) electrons. The molecular weight excluding hydrogens is 262 g/mol. The Hall–Kier alpha value is -1.39. The second-order valence-electron chi connectivity index (χ2n) is 6.22. The summed E-state index contributed by atoms with van der Waals surface area (Å²) in [6.07, 6.45) is 2.04. The maximum Gasteiger partial charge on any atom is 0.239 e. The Balaban J connectivity index is 1.91. The standard InChI is InChI=1S/C17H27N3O/c1-13-11-16(19(3)17(21)14(2)18)9-10-20(13)12-15-7-5-4-6-8-15/h4-8,13-14,16H,9-12,18H2,1-3H3. The number of benzene rings is 1. The van der Waals surface area contributed by atoms with Crippen molar-refractivity contribution in [2.24, 2.45) is 5.73 Å². The Morgan fingerprint density at radius 2 is 2.10 bits per heavy atom. The van der Waals surface area contributed by atoms with Gasteiger partial charge in [0.2, 0.25) is 5.91 Å². The first kappa shape index (κ1) is 16.0. The second kappa shape index (κ2) is 7.05. The molecule has 0 saturated carbocycles. The van der Waals surface area contributed by atoms with Crippen LogP contribution >= 0.6 is 0 Å². The summed E-state index contributed by atoms with van der Waals surface area (Å²) in [5.74, 6) is 0.0451. The third-order valence-electron chi connectivity index (χ3n) is 4.50. The Morgan fingerprint density at radius 1 is 1.43 bits per heavy atom. The van der Waals surface area contributed by atoms with Gasteiger partial charge < -0.3 is 10.6 Å². The van der Waals surface area contributed by atoms with Gasteiger partial charge in [-0.25, -0.2) is 0 Å². The average molecular weight is 289 g/mol. The van der Waals surface area contributed by atoms with Crippen molar-refractivity contribution < 1.29 is 4.79 Å². The van der Waals surface area contributed by atoms with E-state index in [2.05, 4.69) is 36.1 Å². The van der Waals surface area contributed by atoms with Gasteiger partial charge >= 0.3 is 0 Å². The molecule has 1 saturated heterocycles. The minimum absolute atomic E-state index is 0.0451. The molecule has 3 unspecified atom stereocenters. The first-order valence-corrected chi connectivity index (χ1v) is 7.79. The first-order valence-electron chi connectivity index (χ1n) is 7.79. The van der Waals surface area contributed by atoms with Gasteiger partial charge in [-0.3, -0.25) is 9.69 Å². The number of piperidine rings is 1. The van der Waals surface area contributed by atoms with Crippen molar-refractivity contribution in [3.63, 3.8) is 0 Å². The first-order chi connectivity index (χ1) is 9.99. The lowest BCUT2D eigenvalue weighted by Gasteiger charge is -2.41. The monoisotopic (exact) mass is 289 g/mol. The van der Waals surface area contributed by atoms with Gasteiger partial charge in [0.1, 0.15) is 0 Å². The summed E-state index contributed by atoms with van der Waals surface area (Å²) >= 11 is 0. The third-order valence-corrected chi connectivity index (χ3v) is 4.50. The molecule has 1 amide bonds. The highest BCUT2D eigenvalue weighted by atomic mass is 16.2. The Labute approximate surface area is 127 Å². The number of rotatable bonds is 4. The summed E-state index contributed by atoms with van der Waals surface area (Å²) in [5, 5.41) is 0. The highest BCUT2D eigenvalue weighted by Crippen LogP contribution is 2.23. The summed E-state index contributed by atoms with van der Waals surface area (Å²) in [6, 6.07) is 10.9. The zero-order chi connectivity index (χ0) is 15.4. The summed E-state index contributed by atoms with van der Waals surface area (Å²) in [4.78, 5) is 16.4. The minimum Gasteiger partial charge on any atom is -0.341 e. The van der Waals surface area contributed by atoms with Gasteiger partial charge in [0, 0.05) is 32.2 Å². The van der Waals surface area contributed by atoms with E-state index in [1.165, 1.54) is 5.56 Å². The maximum atomic E-state index is 12.0. The fourth-order valence-electron chi connectivity index (χ4n) is 3.10. The van der Waals surface area contributed by atoms with E-state index in [0.717, 1.165) is 25.9 Å². The van der Waals surface area contributed by atoms with Gasteiger partial charge in [0.25, 0.3) is 0 Å². The molecule has 1 aliphatic heterocycles. The van der Waals surface area contributed by atoms with Crippen molar-refractivity contribution in [3.05, 3.63) is 35.9 Å². The van der Waals surface area contributed by atoms with Gasteiger partial charge in [-0.15, -0.1) is 0 Å². The predicted molar refractivity (Wildman–Crippen MR) is 85.8 cm³/mol. The largest absolute Gasteiger partial charge is 0.341 e. The van der Waals surface area contributed by atoms with E-state index in [1.807, 2.05) is 18.0 Å². The van der Waals surface area contributed by atoms with Crippen LogP contribution in [0.15, 0.2) is 30.3 Å². The fourth-order valence-corrected chi connectivity index (χ4v) is 3.10. The summed E-state index contributed by atoms with van der Waals surface area (Å²) in [6.45, 7) is 6.02. The van der Waals surface area contributed by atoms with E-state index in [0.29, 0.717) is 12.1 Å². The van der Waals surface area contributed by atoms with E-state index in [4.69, 9.17) is 5.73 Å². The summed E-state index contributed by atoms with van der Waals surface area (Å²) in [5.41, 5.74) is 7.06. The molecule has 3 atom stereocenters. The Morgan fingerprint density at radius 3 is 2.67 bits per heavy atom. The van der Waals surface area contributed by atoms with Crippen LogP contribution in [-0.4, -0.2) is 47.4 Å². The van der Waals surface area contributed by atoms with Crippen LogP contribution in [0.3, 0.4) is 0 Å². The lowest BCUT2D eigenvalue weighted by atomic mass is 9.96. The topological polar surface area (TPSA) is 49.6 Å². The number of hydrogen-bond donors (Lipinski definition) is 1.